The topological polar surface area (TPSA) is 83.6 Å². The van der Waals surface area contributed by atoms with Gasteiger partial charge in [0.05, 0.1) is 0 Å². The van der Waals surface area contributed by atoms with Gasteiger partial charge in [-0.05, 0) is 22.8 Å². The van der Waals surface area contributed by atoms with Crippen LogP contribution in [0.2, 0.25) is 0 Å². The van der Waals surface area contributed by atoms with Crippen LogP contribution in [-0.4, -0.2) is 21.7 Å². The minimum atomic E-state index is -1.59. The van der Waals surface area contributed by atoms with Gasteiger partial charge >= 0.3 is 5.97 Å². The second kappa shape index (κ2) is 5.09. The highest BCUT2D eigenvalue weighted by atomic mass is 16.4. The lowest BCUT2D eigenvalue weighted by Gasteiger charge is -2.29. The van der Waals surface area contributed by atoms with E-state index in [1.165, 1.54) is 6.08 Å². The maximum absolute atomic E-state index is 11.5. The van der Waals surface area contributed by atoms with Crippen molar-refractivity contribution < 1.29 is 15.0 Å². The fourth-order valence-electron chi connectivity index (χ4n) is 3.00. The summed E-state index contributed by atoms with van der Waals surface area (Å²) in [6.07, 6.45) is 1.38. The number of hydrogen-bond donors (Lipinski definition) is 3. The smallest absolute Gasteiger partial charge is 0.327 e. The molecule has 1 aliphatic carbocycles. The molecule has 112 valence electrons. The molecule has 4 heteroatoms. The summed E-state index contributed by atoms with van der Waals surface area (Å²) < 4.78 is 0. The molecule has 0 radical (unpaired) electrons. The zero-order valence-corrected chi connectivity index (χ0v) is 11.9. The average molecular weight is 295 g/mol. The number of aliphatic carboxylic acids is 1. The van der Waals surface area contributed by atoms with E-state index in [1.807, 2.05) is 48.5 Å². The van der Waals surface area contributed by atoms with Crippen LogP contribution in [0.3, 0.4) is 0 Å². The molecular weight excluding hydrogens is 278 g/mol. The van der Waals surface area contributed by atoms with Crippen molar-refractivity contribution in [1.29, 1.82) is 0 Å². The summed E-state index contributed by atoms with van der Waals surface area (Å²) in [5.74, 6) is -1.15. The van der Waals surface area contributed by atoms with Gasteiger partial charge in [-0.15, -0.1) is 0 Å². The van der Waals surface area contributed by atoms with E-state index >= 15 is 0 Å². The molecule has 1 aliphatic rings. The Morgan fingerprint density at radius 2 is 1.55 bits per heavy atom. The molecule has 0 fully saturated rings. The second-order valence-electron chi connectivity index (χ2n) is 5.67. The molecule has 0 unspecified atom stereocenters. The lowest BCUT2D eigenvalue weighted by atomic mass is 9.82. The van der Waals surface area contributed by atoms with Gasteiger partial charge in [-0.3, -0.25) is 0 Å². The first kappa shape index (κ1) is 14.5. The minimum absolute atomic E-state index is 0.0937. The Morgan fingerprint density at radius 3 is 2.09 bits per heavy atom. The summed E-state index contributed by atoms with van der Waals surface area (Å²) in [6.45, 7) is 0. The molecule has 2 aromatic carbocycles. The third-order valence-corrected chi connectivity index (χ3v) is 4.13. The molecule has 0 bridgehead atoms. The van der Waals surface area contributed by atoms with Gasteiger partial charge in [-0.2, -0.15) is 0 Å². The molecule has 4 N–H and O–H groups in total. The minimum Gasteiger partial charge on any atom is -0.480 e. The van der Waals surface area contributed by atoms with Gasteiger partial charge in [0.2, 0.25) is 0 Å². The Kier molecular flexibility index (Phi) is 3.35. The third kappa shape index (κ3) is 2.22. The van der Waals surface area contributed by atoms with Crippen LogP contribution in [0.25, 0.3) is 5.57 Å². The number of hydrogen-bond acceptors (Lipinski definition) is 3. The van der Waals surface area contributed by atoms with E-state index in [2.05, 4.69) is 0 Å². The maximum atomic E-state index is 11.5. The van der Waals surface area contributed by atoms with Crippen molar-refractivity contribution in [3.63, 3.8) is 0 Å². The molecule has 0 aliphatic heterocycles. The molecule has 0 saturated carbocycles. The van der Waals surface area contributed by atoms with Crippen LogP contribution in [0.1, 0.15) is 17.5 Å². The molecule has 0 spiro atoms. The van der Waals surface area contributed by atoms with Crippen molar-refractivity contribution in [1.82, 2.24) is 0 Å². The average Bonchev–Trinajstić information content (AvgIpc) is 2.83. The lowest BCUT2D eigenvalue weighted by molar-refractivity contribution is -0.142. The van der Waals surface area contributed by atoms with E-state index in [-0.39, 0.29) is 6.42 Å². The molecule has 0 amide bonds. The van der Waals surface area contributed by atoms with Crippen molar-refractivity contribution in [3.8, 4) is 0 Å². The predicted octanol–water partition coefficient (Wildman–Crippen LogP) is 2.14. The largest absolute Gasteiger partial charge is 0.480 e. The van der Waals surface area contributed by atoms with Crippen molar-refractivity contribution in [2.24, 2.45) is 5.73 Å². The van der Waals surface area contributed by atoms with Crippen molar-refractivity contribution in [2.75, 3.05) is 0 Å². The number of nitrogens with two attached hydrogens (primary N) is 1. The number of aliphatic hydroxyl groups is 1. The van der Waals surface area contributed by atoms with Gasteiger partial charge < -0.3 is 15.9 Å². The molecule has 0 heterocycles. The first-order valence-corrected chi connectivity index (χ1v) is 7.05. The molecule has 22 heavy (non-hydrogen) atoms. The van der Waals surface area contributed by atoms with Crippen LogP contribution in [0.5, 0.6) is 0 Å². The molecule has 2 aromatic rings. The molecule has 2 atom stereocenters. The van der Waals surface area contributed by atoms with Gasteiger partial charge in [0, 0.05) is 6.42 Å². The molecule has 0 saturated heterocycles. The number of carboxylic acid groups (broad SMARTS) is 1. The number of rotatable bonds is 3. The van der Waals surface area contributed by atoms with E-state index < -0.39 is 17.1 Å². The van der Waals surface area contributed by atoms with Crippen LogP contribution >= 0.6 is 0 Å². The summed E-state index contributed by atoms with van der Waals surface area (Å²) in [6, 6.07) is 18.3. The first-order chi connectivity index (χ1) is 10.5. The van der Waals surface area contributed by atoms with Crippen molar-refractivity contribution in [2.45, 2.75) is 17.6 Å². The molecular formula is C18H17NO3. The van der Waals surface area contributed by atoms with E-state index in [0.29, 0.717) is 11.1 Å². The standard InChI is InChI=1S/C18H17NO3/c19-17(16(20)21)11-15(13-7-3-1-4-8-13)18(22,12-17)14-9-5-2-6-10-14/h1-11,22H,12,19H2,(H,20,21)/t17-,18+/m0/s1. The van der Waals surface area contributed by atoms with E-state index in [1.54, 1.807) is 12.1 Å². The first-order valence-electron chi connectivity index (χ1n) is 7.05. The summed E-state index contributed by atoms with van der Waals surface area (Å²) >= 11 is 0. The van der Waals surface area contributed by atoms with Gasteiger partial charge in [0.15, 0.2) is 0 Å². The fraction of sp³-hybridized carbons (Fsp3) is 0.167. The summed E-state index contributed by atoms with van der Waals surface area (Å²) in [4.78, 5) is 11.5. The Balaban J connectivity index is 2.18. The van der Waals surface area contributed by atoms with Crippen LogP contribution in [0.4, 0.5) is 0 Å². The Hall–Kier alpha value is -2.43. The quantitative estimate of drug-likeness (QED) is 0.810. The number of carboxylic acids is 1. The number of benzene rings is 2. The summed E-state index contributed by atoms with van der Waals surface area (Å²) in [7, 11) is 0. The fourth-order valence-corrected chi connectivity index (χ4v) is 3.00. The Bertz CT molecular complexity index is 727. The molecule has 4 nitrogen and oxygen atoms in total. The van der Waals surface area contributed by atoms with E-state index in [4.69, 9.17) is 5.73 Å². The highest BCUT2D eigenvalue weighted by molar-refractivity contribution is 5.90. The predicted molar refractivity (Wildman–Crippen MR) is 83.9 cm³/mol. The zero-order chi connectivity index (χ0) is 15.8. The van der Waals surface area contributed by atoms with Crippen molar-refractivity contribution in [3.05, 3.63) is 77.9 Å². The normalized spacial score (nSPS) is 27.5. The van der Waals surface area contributed by atoms with Gasteiger partial charge in [0.25, 0.3) is 0 Å². The van der Waals surface area contributed by atoms with Gasteiger partial charge in [-0.25, -0.2) is 4.79 Å². The van der Waals surface area contributed by atoms with Crippen LogP contribution in [0, 0.1) is 0 Å². The SMILES string of the molecule is N[C@@]1(C(=O)O)C=C(c2ccccc2)[C@](O)(c2ccccc2)C1. The molecule has 3 rings (SSSR count). The van der Waals surface area contributed by atoms with E-state index in [0.717, 1.165) is 5.56 Å². The molecule has 0 aromatic heterocycles. The second-order valence-corrected chi connectivity index (χ2v) is 5.67. The number of carbonyl (C=O) groups is 1. The van der Waals surface area contributed by atoms with Crippen molar-refractivity contribution >= 4 is 11.5 Å². The third-order valence-electron chi connectivity index (χ3n) is 4.13. The van der Waals surface area contributed by atoms with Crippen LogP contribution in [-0.2, 0) is 10.4 Å². The zero-order valence-electron chi connectivity index (χ0n) is 11.9. The van der Waals surface area contributed by atoms with E-state index in [9.17, 15) is 15.0 Å². The van der Waals surface area contributed by atoms with Gasteiger partial charge in [0.1, 0.15) is 11.1 Å². The highest BCUT2D eigenvalue weighted by Crippen LogP contribution is 2.48. The van der Waals surface area contributed by atoms with Crippen LogP contribution < -0.4 is 5.73 Å². The Labute approximate surface area is 128 Å². The van der Waals surface area contributed by atoms with Gasteiger partial charge in [-0.1, -0.05) is 60.7 Å². The monoisotopic (exact) mass is 295 g/mol. The highest BCUT2D eigenvalue weighted by Gasteiger charge is 2.51. The summed E-state index contributed by atoms with van der Waals surface area (Å²) in [5, 5.41) is 20.7. The lowest BCUT2D eigenvalue weighted by Crippen LogP contribution is -2.47. The Morgan fingerprint density at radius 1 is 1.00 bits per heavy atom. The maximum Gasteiger partial charge on any atom is 0.327 e. The summed E-state index contributed by atoms with van der Waals surface area (Å²) in [5.41, 5.74) is 4.93. The van der Waals surface area contributed by atoms with Crippen LogP contribution in [0.15, 0.2) is 66.7 Å².